The fourth-order valence-electron chi connectivity index (χ4n) is 2.73. The maximum absolute atomic E-state index is 12.4. The lowest BCUT2D eigenvalue weighted by Gasteiger charge is -2.35. The number of ether oxygens (including phenoxy) is 1. The molecule has 1 fully saturated rings. The van der Waals surface area contributed by atoms with Gasteiger partial charge in [0.1, 0.15) is 5.75 Å². The molecule has 1 aliphatic rings. The zero-order valence-electron chi connectivity index (χ0n) is 12.1. The standard InChI is InChI=1S/C16H22F2N2O/c1-2-3-7-15(20-10-8-19-9-11-20)13-5-4-6-14(12-13)21-16(17)18/h2,4-6,12,15-16,19H,1,3,7-11H2/t15-/m0/s1. The molecule has 5 heteroatoms. The lowest BCUT2D eigenvalue weighted by molar-refractivity contribution is -0.0499. The van der Waals surface area contributed by atoms with Gasteiger partial charge in [-0.15, -0.1) is 6.58 Å². The molecule has 0 unspecified atom stereocenters. The van der Waals surface area contributed by atoms with Crippen molar-refractivity contribution in [1.29, 1.82) is 0 Å². The zero-order chi connectivity index (χ0) is 15.1. The summed E-state index contributed by atoms with van der Waals surface area (Å²) in [6, 6.07) is 7.26. The zero-order valence-corrected chi connectivity index (χ0v) is 12.1. The minimum Gasteiger partial charge on any atom is -0.435 e. The summed E-state index contributed by atoms with van der Waals surface area (Å²) in [6.45, 7) is 4.82. The lowest BCUT2D eigenvalue weighted by atomic mass is 9.99. The second-order valence-electron chi connectivity index (χ2n) is 5.12. The van der Waals surface area contributed by atoms with Gasteiger partial charge in [0.15, 0.2) is 0 Å². The van der Waals surface area contributed by atoms with Crippen LogP contribution in [0.15, 0.2) is 36.9 Å². The van der Waals surface area contributed by atoms with Crippen molar-refractivity contribution in [2.75, 3.05) is 26.2 Å². The Balaban J connectivity index is 2.16. The van der Waals surface area contributed by atoms with E-state index < -0.39 is 6.61 Å². The van der Waals surface area contributed by atoms with Crippen LogP contribution in [0.1, 0.15) is 24.4 Å². The van der Waals surface area contributed by atoms with Crippen LogP contribution in [-0.2, 0) is 0 Å². The number of alkyl halides is 2. The molecule has 1 saturated heterocycles. The van der Waals surface area contributed by atoms with Crippen LogP contribution in [0.25, 0.3) is 0 Å². The van der Waals surface area contributed by atoms with Gasteiger partial charge in [-0.1, -0.05) is 18.2 Å². The van der Waals surface area contributed by atoms with Gasteiger partial charge in [-0.3, -0.25) is 4.90 Å². The number of halogens is 2. The minimum absolute atomic E-state index is 0.214. The van der Waals surface area contributed by atoms with Gasteiger partial charge in [-0.05, 0) is 30.5 Å². The van der Waals surface area contributed by atoms with Gasteiger partial charge in [0.05, 0.1) is 0 Å². The highest BCUT2D eigenvalue weighted by Gasteiger charge is 2.22. The van der Waals surface area contributed by atoms with E-state index >= 15 is 0 Å². The van der Waals surface area contributed by atoms with E-state index in [1.807, 2.05) is 12.1 Å². The molecule has 1 N–H and O–H groups in total. The Bertz CT molecular complexity index is 448. The first kappa shape index (κ1) is 15.9. The monoisotopic (exact) mass is 296 g/mol. The van der Waals surface area contributed by atoms with Gasteiger partial charge in [-0.2, -0.15) is 8.78 Å². The molecule has 1 atom stereocenters. The number of benzene rings is 1. The van der Waals surface area contributed by atoms with Crippen LogP contribution in [-0.4, -0.2) is 37.7 Å². The van der Waals surface area contributed by atoms with Crippen molar-refractivity contribution in [3.05, 3.63) is 42.5 Å². The Morgan fingerprint density at radius 3 is 2.76 bits per heavy atom. The molecule has 0 bridgehead atoms. The Kier molecular flexibility index (Phi) is 6.14. The highest BCUT2D eigenvalue weighted by molar-refractivity contribution is 5.31. The summed E-state index contributed by atoms with van der Waals surface area (Å²) in [5.74, 6) is 0.223. The van der Waals surface area contributed by atoms with Crippen molar-refractivity contribution >= 4 is 0 Å². The molecule has 0 amide bonds. The second-order valence-corrected chi connectivity index (χ2v) is 5.12. The maximum atomic E-state index is 12.4. The number of nitrogens with one attached hydrogen (secondary N) is 1. The fourth-order valence-corrected chi connectivity index (χ4v) is 2.73. The van der Waals surface area contributed by atoms with E-state index in [-0.39, 0.29) is 11.8 Å². The Morgan fingerprint density at radius 1 is 1.33 bits per heavy atom. The number of piperazine rings is 1. The molecule has 0 aromatic heterocycles. The van der Waals surface area contributed by atoms with Crippen molar-refractivity contribution in [2.24, 2.45) is 0 Å². The molecule has 2 rings (SSSR count). The summed E-state index contributed by atoms with van der Waals surface area (Å²) in [4.78, 5) is 2.39. The van der Waals surface area contributed by atoms with Gasteiger partial charge in [-0.25, -0.2) is 0 Å². The van der Waals surface area contributed by atoms with Gasteiger partial charge in [0.2, 0.25) is 0 Å². The number of nitrogens with zero attached hydrogens (tertiary/aromatic N) is 1. The minimum atomic E-state index is -2.79. The van der Waals surface area contributed by atoms with Crippen molar-refractivity contribution in [3.8, 4) is 5.75 Å². The second kappa shape index (κ2) is 8.10. The van der Waals surface area contributed by atoms with Crippen LogP contribution < -0.4 is 10.1 Å². The van der Waals surface area contributed by atoms with Crippen LogP contribution in [0.4, 0.5) is 8.78 Å². The van der Waals surface area contributed by atoms with Crippen LogP contribution in [0.5, 0.6) is 5.75 Å². The Hall–Kier alpha value is -1.46. The predicted octanol–water partition coefficient (Wildman–Crippen LogP) is 3.20. The average Bonchev–Trinajstić information content (AvgIpc) is 2.48. The van der Waals surface area contributed by atoms with Gasteiger partial charge in [0.25, 0.3) is 0 Å². The molecule has 1 aliphatic heterocycles. The first-order chi connectivity index (χ1) is 10.2. The molecule has 0 aliphatic carbocycles. The van der Waals surface area contributed by atoms with Crippen molar-refractivity contribution < 1.29 is 13.5 Å². The largest absolute Gasteiger partial charge is 0.435 e. The third-order valence-electron chi connectivity index (χ3n) is 3.70. The van der Waals surface area contributed by atoms with Crippen LogP contribution >= 0.6 is 0 Å². The van der Waals surface area contributed by atoms with Crippen molar-refractivity contribution in [2.45, 2.75) is 25.5 Å². The van der Waals surface area contributed by atoms with E-state index in [2.05, 4.69) is 21.5 Å². The number of allylic oxidation sites excluding steroid dienone is 1. The molecule has 0 spiro atoms. The highest BCUT2D eigenvalue weighted by atomic mass is 19.3. The summed E-state index contributed by atoms with van der Waals surface area (Å²) in [7, 11) is 0. The fraction of sp³-hybridized carbons (Fsp3) is 0.500. The molecule has 1 aromatic rings. The lowest BCUT2D eigenvalue weighted by Crippen LogP contribution is -2.45. The number of rotatable bonds is 7. The molecule has 21 heavy (non-hydrogen) atoms. The van der Waals surface area contributed by atoms with E-state index in [1.165, 1.54) is 0 Å². The Morgan fingerprint density at radius 2 is 2.10 bits per heavy atom. The smallest absolute Gasteiger partial charge is 0.387 e. The van der Waals surface area contributed by atoms with Crippen molar-refractivity contribution in [3.63, 3.8) is 0 Å². The summed E-state index contributed by atoms with van der Waals surface area (Å²) in [5.41, 5.74) is 1.02. The molecule has 0 radical (unpaired) electrons. The molecular weight excluding hydrogens is 274 g/mol. The van der Waals surface area contributed by atoms with Crippen LogP contribution in [0.2, 0.25) is 0 Å². The first-order valence-corrected chi connectivity index (χ1v) is 7.31. The van der Waals surface area contributed by atoms with Crippen LogP contribution in [0.3, 0.4) is 0 Å². The van der Waals surface area contributed by atoms with Crippen molar-refractivity contribution in [1.82, 2.24) is 10.2 Å². The Labute approximate surface area is 124 Å². The molecule has 0 saturated carbocycles. The number of hydrogen-bond acceptors (Lipinski definition) is 3. The van der Waals surface area contributed by atoms with Gasteiger partial charge < -0.3 is 10.1 Å². The molecule has 1 aromatic carbocycles. The third-order valence-corrected chi connectivity index (χ3v) is 3.70. The summed E-state index contributed by atoms with van der Waals surface area (Å²) in [5, 5.41) is 3.33. The maximum Gasteiger partial charge on any atom is 0.387 e. The highest BCUT2D eigenvalue weighted by Crippen LogP contribution is 2.29. The summed E-state index contributed by atoms with van der Waals surface area (Å²) in [6.07, 6.45) is 3.73. The summed E-state index contributed by atoms with van der Waals surface area (Å²) < 4.78 is 29.2. The first-order valence-electron chi connectivity index (χ1n) is 7.31. The predicted molar refractivity (Wildman–Crippen MR) is 79.7 cm³/mol. The average molecular weight is 296 g/mol. The van der Waals surface area contributed by atoms with Gasteiger partial charge >= 0.3 is 6.61 Å². The molecule has 3 nitrogen and oxygen atoms in total. The van der Waals surface area contributed by atoms with Crippen LogP contribution in [0, 0.1) is 0 Å². The quantitative estimate of drug-likeness (QED) is 0.782. The van der Waals surface area contributed by atoms with Gasteiger partial charge in [0, 0.05) is 32.2 Å². The summed E-state index contributed by atoms with van der Waals surface area (Å²) >= 11 is 0. The SMILES string of the molecule is C=CCC[C@@H](c1cccc(OC(F)F)c1)N1CCNCC1. The van der Waals surface area contributed by atoms with E-state index in [9.17, 15) is 8.78 Å². The normalized spacial score (nSPS) is 17.7. The van der Waals surface area contributed by atoms with E-state index in [0.29, 0.717) is 0 Å². The van der Waals surface area contributed by atoms with E-state index in [1.54, 1.807) is 18.2 Å². The molecular formula is C16H22F2N2O. The topological polar surface area (TPSA) is 24.5 Å². The molecule has 116 valence electrons. The molecule has 1 heterocycles. The van der Waals surface area contributed by atoms with E-state index in [4.69, 9.17) is 0 Å². The van der Waals surface area contributed by atoms with E-state index in [0.717, 1.165) is 44.6 Å². The third kappa shape index (κ3) is 4.79. The number of hydrogen-bond donors (Lipinski definition) is 1.